The molecule has 2 amide bonds. The van der Waals surface area contributed by atoms with Crippen molar-refractivity contribution in [3.8, 4) is 12.3 Å². The summed E-state index contributed by atoms with van der Waals surface area (Å²) < 4.78 is 0.776. The van der Waals surface area contributed by atoms with Crippen LogP contribution in [0.1, 0.15) is 30.1 Å². The molecule has 0 heterocycles. The van der Waals surface area contributed by atoms with Gasteiger partial charge in [-0.15, -0.1) is 6.42 Å². The fourth-order valence-electron chi connectivity index (χ4n) is 1.60. The molecule has 0 aliphatic heterocycles. The van der Waals surface area contributed by atoms with Gasteiger partial charge in [0.15, 0.2) is 0 Å². The van der Waals surface area contributed by atoms with Gasteiger partial charge in [0.1, 0.15) is 0 Å². The second-order valence-electron chi connectivity index (χ2n) is 4.10. The zero-order valence-electron chi connectivity index (χ0n) is 10.9. The first-order valence-electron chi connectivity index (χ1n) is 6.04. The van der Waals surface area contributed by atoms with Gasteiger partial charge in [-0.1, -0.05) is 19.3 Å². The van der Waals surface area contributed by atoms with Crippen LogP contribution in [-0.4, -0.2) is 23.1 Å². The van der Waals surface area contributed by atoms with Gasteiger partial charge in [0.2, 0.25) is 0 Å². The van der Waals surface area contributed by atoms with Crippen molar-refractivity contribution in [2.75, 3.05) is 5.32 Å². The van der Waals surface area contributed by atoms with Gasteiger partial charge < -0.3 is 15.7 Å². The molecule has 20 heavy (non-hydrogen) atoms. The number of aromatic carboxylic acids is 1. The number of carbonyl (C=O) groups excluding carboxylic acids is 1. The Labute approximate surface area is 131 Å². The summed E-state index contributed by atoms with van der Waals surface area (Å²) in [5.41, 5.74) is 0.280. The minimum absolute atomic E-state index is 0.0415. The molecule has 0 radical (unpaired) electrons. The highest BCUT2D eigenvalue weighted by Crippen LogP contribution is 2.19. The van der Waals surface area contributed by atoms with E-state index in [1.807, 2.05) is 29.5 Å². The monoisotopic (exact) mass is 386 g/mol. The maximum absolute atomic E-state index is 11.8. The van der Waals surface area contributed by atoms with Crippen LogP contribution in [0.3, 0.4) is 0 Å². The predicted octanol–water partition coefficient (Wildman–Crippen LogP) is 2.91. The van der Waals surface area contributed by atoms with Crippen LogP contribution < -0.4 is 10.6 Å². The average molecular weight is 386 g/mol. The zero-order valence-corrected chi connectivity index (χ0v) is 13.1. The predicted molar refractivity (Wildman–Crippen MR) is 85.8 cm³/mol. The van der Waals surface area contributed by atoms with E-state index in [0.29, 0.717) is 6.42 Å². The molecule has 1 aromatic rings. The smallest absolute Gasteiger partial charge is 0.337 e. The molecule has 0 bridgehead atoms. The van der Waals surface area contributed by atoms with Crippen molar-refractivity contribution in [1.29, 1.82) is 0 Å². The highest BCUT2D eigenvalue weighted by Gasteiger charge is 2.14. The van der Waals surface area contributed by atoms with Crippen molar-refractivity contribution in [3.05, 3.63) is 27.3 Å². The summed E-state index contributed by atoms with van der Waals surface area (Å²) in [5, 5.41) is 14.2. The minimum Gasteiger partial charge on any atom is -0.478 e. The van der Waals surface area contributed by atoms with Crippen LogP contribution >= 0.6 is 22.6 Å². The molecule has 1 unspecified atom stereocenters. The van der Waals surface area contributed by atoms with E-state index in [4.69, 9.17) is 11.5 Å². The van der Waals surface area contributed by atoms with Gasteiger partial charge in [-0.25, -0.2) is 9.59 Å². The number of anilines is 1. The Balaban J connectivity index is 2.81. The third-order valence-electron chi connectivity index (χ3n) is 2.54. The summed E-state index contributed by atoms with van der Waals surface area (Å²) in [6.45, 7) is 1.96. The lowest BCUT2D eigenvalue weighted by Gasteiger charge is -2.14. The summed E-state index contributed by atoms with van der Waals surface area (Å²) in [4.78, 5) is 22.9. The molecule has 106 valence electrons. The number of rotatable bonds is 5. The molecule has 1 atom stereocenters. The molecular formula is C14H15IN2O3. The SMILES string of the molecule is C#CC(CCC)NC(=O)Nc1ccc(I)cc1C(=O)O. The number of halogens is 1. The van der Waals surface area contributed by atoms with Gasteiger partial charge in [-0.2, -0.15) is 0 Å². The van der Waals surface area contributed by atoms with Crippen molar-refractivity contribution in [2.24, 2.45) is 0 Å². The Morgan fingerprint density at radius 3 is 2.75 bits per heavy atom. The minimum atomic E-state index is -1.10. The van der Waals surface area contributed by atoms with Crippen LogP contribution in [-0.2, 0) is 0 Å². The molecule has 5 nitrogen and oxygen atoms in total. The van der Waals surface area contributed by atoms with Crippen molar-refractivity contribution >= 4 is 40.3 Å². The Hall–Kier alpha value is -1.75. The molecule has 6 heteroatoms. The van der Waals surface area contributed by atoms with Gasteiger partial charge in [-0.05, 0) is 47.2 Å². The Morgan fingerprint density at radius 1 is 1.50 bits per heavy atom. The molecule has 0 saturated carbocycles. The standard InChI is InChI=1S/C14H15IN2O3/c1-3-5-10(4-2)16-14(20)17-12-7-6-9(15)8-11(12)13(18)19/h2,6-8,10H,3,5H2,1H3,(H,18,19)(H2,16,17,20). The van der Waals surface area contributed by atoms with Gasteiger partial charge in [0.05, 0.1) is 17.3 Å². The number of amides is 2. The number of urea groups is 1. The van der Waals surface area contributed by atoms with Crippen LogP contribution in [0.4, 0.5) is 10.5 Å². The Bertz CT molecular complexity index is 552. The first kappa shape index (κ1) is 16.3. The first-order chi connectivity index (χ1) is 9.47. The van der Waals surface area contributed by atoms with Crippen LogP contribution in [0, 0.1) is 15.9 Å². The summed E-state index contributed by atoms with van der Waals surface area (Å²) >= 11 is 2.01. The summed E-state index contributed by atoms with van der Waals surface area (Å²) in [6, 6.07) is 3.88. The van der Waals surface area contributed by atoms with Gasteiger partial charge in [0, 0.05) is 3.57 Å². The molecule has 0 fully saturated rings. The van der Waals surface area contributed by atoms with Gasteiger partial charge in [0.25, 0.3) is 0 Å². The quantitative estimate of drug-likeness (QED) is 0.538. The molecule has 0 saturated heterocycles. The highest BCUT2D eigenvalue weighted by atomic mass is 127. The molecule has 0 aliphatic rings. The fraction of sp³-hybridized carbons (Fsp3) is 0.286. The number of terminal acetylenes is 1. The molecule has 1 rings (SSSR count). The molecule has 0 spiro atoms. The summed E-state index contributed by atoms with van der Waals surface area (Å²) in [5.74, 6) is 1.38. The van der Waals surface area contributed by atoms with Crippen LogP contribution in [0.15, 0.2) is 18.2 Å². The topological polar surface area (TPSA) is 78.4 Å². The highest BCUT2D eigenvalue weighted by molar-refractivity contribution is 14.1. The maximum Gasteiger partial charge on any atom is 0.337 e. The van der Waals surface area contributed by atoms with E-state index in [1.54, 1.807) is 12.1 Å². The molecular weight excluding hydrogens is 371 g/mol. The van der Waals surface area contributed by atoms with Crippen molar-refractivity contribution in [1.82, 2.24) is 5.32 Å². The third-order valence-corrected chi connectivity index (χ3v) is 3.22. The van der Waals surface area contributed by atoms with Crippen molar-refractivity contribution in [2.45, 2.75) is 25.8 Å². The number of carboxylic acids is 1. The van der Waals surface area contributed by atoms with Crippen LogP contribution in [0.2, 0.25) is 0 Å². The average Bonchev–Trinajstić information content (AvgIpc) is 2.40. The largest absolute Gasteiger partial charge is 0.478 e. The Morgan fingerprint density at radius 2 is 2.20 bits per heavy atom. The normalized spacial score (nSPS) is 11.2. The van der Waals surface area contributed by atoms with Crippen LogP contribution in [0.25, 0.3) is 0 Å². The maximum atomic E-state index is 11.8. The van der Waals surface area contributed by atoms with E-state index < -0.39 is 12.0 Å². The number of nitrogens with one attached hydrogen (secondary N) is 2. The summed E-state index contributed by atoms with van der Waals surface area (Å²) in [6.07, 6.45) is 6.83. The van der Waals surface area contributed by atoms with Crippen LogP contribution in [0.5, 0.6) is 0 Å². The fourth-order valence-corrected chi connectivity index (χ4v) is 2.10. The zero-order chi connectivity index (χ0) is 15.1. The first-order valence-corrected chi connectivity index (χ1v) is 7.12. The number of benzene rings is 1. The van der Waals surface area contributed by atoms with Crippen molar-refractivity contribution in [3.63, 3.8) is 0 Å². The molecule has 0 aliphatic carbocycles. The van der Waals surface area contributed by atoms with Gasteiger partial charge >= 0.3 is 12.0 Å². The second kappa shape index (κ2) is 7.75. The lowest BCUT2D eigenvalue weighted by atomic mass is 10.1. The third kappa shape index (κ3) is 4.74. The van der Waals surface area contributed by atoms with E-state index in [1.165, 1.54) is 6.07 Å². The van der Waals surface area contributed by atoms with Crippen molar-refractivity contribution < 1.29 is 14.7 Å². The van der Waals surface area contributed by atoms with E-state index in [0.717, 1.165) is 9.99 Å². The van der Waals surface area contributed by atoms with E-state index in [-0.39, 0.29) is 17.3 Å². The summed E-state index contributed by atoms with van der Waals surface area (Å²) in [7, 11) is 0. The van der Waals surface area contributed by atoms with E-state index in [2.05, 4.69) is 16.6 Å². The number of hydrogen-bond donors (Lipinski definition) is 3. The molecule has 3 N–H and O–H groups in total. The second-order valence-corrected chi connectivity index (χ2v) is 5.35. The lowest BCUT2D eigenvalue weighted by molar-refractivity contribution is 0.0698. The number of hydrogen-bond acceptors (Lipinski definition) is 2. The van der Waals surface area contributed by atoms with E-state index >= 15 is 0 Å². The molecule has 0 aromatic heterocycles. The lowest BCUT2D eigenvalue weighted by Crippen LogP contribution is -2.37. The van der Waals surface area contributed by atoms with Gasteiger partial charge in [-0.3, -0.25) is 0 Å². The van der Waals surface area contributed by atoms with E-state index in [9.17, 15) is 9.59 Å². The number of carboxylic acid groups (broad SMARTS) is 1. The molecule has 1 aromatic carbocycles. The Kier molecular flexibility index (Phi) is 6.31. The number of carbonyl (C=O) groups is 2.